The lowest BCUT2D eigenvalue weighted by Gasteiger charge is -2.18. The van der Waals surface area contributed by atoms with E-state index in [4.69, 9.17) is 27.9 Å². The van der Waals surface area contributed by atoms with Crippen LogP contribution < -0.4 is 9.84 Å². The Hall–Kier alpha value is -2.11. The number of carbonyl (C=O) groups is 2. The molecule has 0 bridgehead atoms. The summed E-state index contributed by atoms with van der Waals surface area (Å²) in [4.78, 5) is 23.0. The highest BCUT2D eigenvalue weighted by Crippen LogP contribution is 2.32. The first-order valence-corrected chi connectivity index (χ1v) is 7.72. The number of carboxylic acids is 1. The van der Waals surface area contributed by atoms with Gasteiger partial charge in [-0.1, -0.05) is 29.3 Å². The molecule has 0 spiro atoms. The monoisotopic (exact) mass is 369 g/mol. The summed E-state index contributed by atoms with van der Waals surface area (Å²) in [6.45, 7) is 0. The first kappa shape index (κ1) is 18.2. The molecule has 24 heavy (non-hydrogen) atoms. The highest BCUT2D eigenvalue weighted by Gasteiger charge is 2.20. The molecule has 0 aliphatic carbocycles. The summed E-state index contributed by atoms with van der Waals surface area (Å²) in [6, 6.07) is 9.48. The molecule has 0 radical (unpaired) electrons. The van der Waals surface area contributed by atoms with Gasteiger partial charge in [0, 0.05) is 21.9 Å². The van der Waals surface area contributed by atoms with Gasteiger partial charge in [0.15, 0.2) is 0 Å². The summed E-state index contributed by atoms with van der Waals surface area (Å²) in [5.41, 5.74) is 0.460. The molecule has 1 atom stereocenters. The molecule has 0 unspecified atom stereocenters. The van der Waals surface area contributed by atoms with Crippen LogP contribution in [0.4, 0.5) is 4.39 Å². The topological polar surface area (TPSA) is 66.4 Å². The minimum atomic E-state index is -1.32. The third-order valence-electron chi connectivity index (χ3n) is 3.27. The van der Waals surface area contributed by atoms with Crippen molar-refractivity contribution in [2.45, 2.75) is 18.8 Å². The van der Waals surface area contributed by atoms with E-state index in [2.05, 4.69) is 0 Å². The second kappa shape index (κ2) is 8.13. The highest BCUT2D eigenvalue weighted by atomic mass is 35.5. The van der Waals surface area contributed by atoms with Crippen LogP contribution >= 0.6 is 23.2 Å². The lowest BCUT2D eigenvalue weighted by molar-refractivity contribution is -0.306. The third-order valence-corrected chi connectivity index (χ3v) is 3.84. The first-order valence-electron chi connectivity index (χ1n) is 6.96. The Bertz CT molecular complexity index is 747. The molecule has 0 aromatic heterocycles. The Balaban J connectivity index is 2.14. The normalized spacial score (nSPS) is 11.8. The standard InChI is InChI=1S/C17H13Cl2FO4/c18-11-1-6-14(15(19)9-11)10(7-16(21)22)8-17(23)24-13-4-2-12(20)3-5-13/h1-6,9-10H,7-8H2,(H,21,22)/p-1/t10-/m1/s1. The predicted molar refractivity (Wildman–Crippen MR) is 85.5 cm³/mol. The number of hydrogen-bond acceptors (Lipinski definition) is 4. The van der Waals surface area contributed by atoms with Crippen LogP contribution in [0.3, 0.4) is 0 Å². The van der Waals surface area contributed by atoms with Gasteiger partial charge in [0.2, 0.25) is 0 Å². The van der Waals surface area contributed by atoms with E-state index in [1.807, 2.05) is 0 Å². The van der Waals surface area contributed by atoms with Gasteiger partial charge in [-0.3, -0.25) is 4.79 Å². The van der Waals surface area contributed by atoms with E-state index in [0.29, 0.717) is 10.6 Å². The van der Waals surface area contributed by atoms with Crippen molar-refractivity contribution in [3.63, 3.8) is 0 Å². The molecule has 2 aromatic carbocycles. The van der Waals surface area contributed by atoms with E-state index >= 15 is 0 Å². The number of benzene rings is 2. The molecule has 0 fully saturated rings. The van der Waals surface area contributed by atoms with Crippen molar-refractivity contribution >= 4 is 35.1 Å². The lowest BCUT2D eigenvalue weighted by atomic mass is 9.92. The number of ether oxygens (including phenoxy) is 1. The van der Waals surface area contributed by atoms with Crippen molar-refractivity contribution in [3.8, 4) is 5.75 Å². The summed E-state index contributed by atoms with van der Waals surface area (Å²) in [5.74, 6) is -3.01. The number of hydrogen-bond donors (Lipinski definition) is 0. The lowest BCUT2D eigenvalue weighted by Crippen LogP contribution is -2.26. The van der Waals surface area contributed by atoms with Crippen molar-refractivity contribution in [2.75, 3.05) is 0 Å². The fourth-order valence-electron chi connectivity index (χ4n) is 2.20. The van der Waals surface area contributed by atoms with Gasteiger partial charge < -0.3 is 14.6 Å². The fourth-order valence-corrected chi connectivity index (χ4v) is 2.77. The quantitative estimate of drug-likeness (QED) is 0.578. The minimum absolute atomic E-state index is 0.163. The van der Waals surface area contributed by atoms with Crippen LogP contribution in [0.15, 0.2) is 42.5 Å². The Labute approximate surface area is 147 Å². The van der Waals surface area contributed by atoms with Crippen LogP contribution in [0.2, 0.25) is 10.0 Å². The van der Waals surface area contributed by atoms with Crippen molar-refractivity contribution in [1.29, 1.82) is 0 Å². The van der Waals surface area contributed by atoms with E-state index in [0.717, 1.165) is 12.1 Å². The maximum Gasteiger partial charge on any atom is 0.311 e. The maximum absolute atomic E-state index is 12.8. The van der Waals surface area contributed by atoms with E-state index < -0.39 is 30.1 Å². The minimum Gasteiger partial charge on any atom is -0.550 e. The largest absolute Gasteiger partial charge is 0.550 e. The van der Waals surface area contributed by atoms with Crippen LogP contribution in [-0.2, 0) is 9.59 Å². The Kier molecular flexibility index (Phi) is 6.17. The first-order chi connectivity index (χ1) is 11.3. The van der Waals surface area contributed by atoms with E-state index in [1.165, 1.54) is 18.2 Å². The van der Waals surface area contributed by atoms with Crippen molar-refractivity contribution in [2.24, 2.45) is 0 Å². The molecule has 0 saturated heterocycles. The number of esters is 1. The Morgan fingerprint density at radius 1 is 1.08 bits per heavy atom. The molecule has 4 nitrogen and oxygen atoms in total. The zero-order chi connectivity index (χ0) is 17.7. The van der Waals surface area contributed by atoms with Gasteiger partial charge >= 0.3 is 5.97 Å². The fraction of sp³-hybridized carbons (Fsp3) is 0.176. The van der Waals surface area contributed by atoms with Gasteiger partial charge in [0.05, 0.1) is 6.42 Å². The van der Waals surface area contributed by atoms with Crippen LogP contribution in [0.25, 0.3) is 0 Å². The van der Waals surface area contributed by atoms with E-state index in [1.54, 1.807) is 12.1 Å². The van der Waals surface area contributed by atoms with Crippen LogP contribution in [0.1, 0.15) is 24.3 Å². The molecule has 0 amide bonds. The summed E-state index contributed by atoms with van der Waals surface area (Å²) in [7, 11) is 0. The highest BCUT2D eigenvalue weighted by molar-refractivity contribution is 6.35. The molecule has 7 heteroatoms. The molecular formula is C17H12Cl2FO4-. The second-order valence-electron chi connectivity index (χ2n) is 5.07. The summed E-state index contributed by atoms with van der Waals surface area (Å²) < 4.78 is 17.9. The number of carboxylic acid groups (broad SMARTS) is 1. The van der Waals surface area contributed by atoms with Gasteiger partial charge in [-0.05, 0) is 48.4 Å². The molecule has 0 saturated carbocycles. The molecular weight excluding hydrogens is 358 g/mol. The molecule has 0 heterocycles. The van der Waals surface area contributed by atoms with Crippen molar-refractivity contribution in [1.82, 2.24) is 0 Å². The van der Waals surface area contributed by atoms with Crippen LogP contribution in [0.5, 0.6) is 5.75 Å². The van der Waals surface area contributed by atoms with Crippen molar-refractivity contribution in [3.05, 3.63) is 63.9 Å². The number of halogens is 3. The summed E-state index contributed by atoms with van der Waals surface area (Å²) in [5, 5.41) is 11.6. The number of rotatable bonds is 6. The maximum atomic E-state index is 12.8. The van der Waals surface area contributed by atoms with Gasteiger partial charge in [0.1, 0.15) is 11.6 Å². The van der Waals surface area contributed by atoms with E-state index in [-0.39, 0.29) is 17.2 Å². The SMILES string of the molecule is O=C([O-])C[C@H](CC(=O)Oc1ccc(F)cc1)c1ccc(Cl)cc1Cl. The predicted octanol–water partition coefficient (Wildman–Crippen LogP) is 3.35. The second-order valence-corrected chi connectivity index (χ2v) is 5.91. The van der Waals surface area contributed by atoms with Crippen LogP contribution in [0, 0.1) is 5.82 Å². The molecule has 0 aliphatic heterocycles. The summed E-state index contributed by atoms with van der Waals surface area (Å²) in [6.07, 6.45) is -0.632. The average Bonchev–Trinajstić information content (AvgIpc) is 2.48. The Morgan fingerprint density at radius 2 is 1.75 bits per heavy atom. The Morgan fingerprint density at radius 3 is 2.33 bits per heavy atom. The number of aliphatic carboxylic acids is 1. The molecule has 0 aliphatic rings. The molecule has 126 valence electrons. The van der Waals surface area contributed by atoms with Gasteiger partial charge in [-0.15, -0.1) is 0 Å². The average molecular weight is 370 g/mol. The van der Waals surface area contributed by atoms with Gasteiger partial charge in [-0.25, -0.2) is 4.39 Å². The zero-order valence-corrected chi connectivity index (χ0v) is 13.8. The third kappa shape index (κ3) is 5.22. The van der Waals surface area contributed by atoms with Gasteiger partial charge in [0.25, 0.3) is 0 Å². The zero-order valence-electron chi connectivity index (χ0n) is 12.3. The van der Waals surface area contributed by atoms with E-state index in [9.17, 15) is 19.1 Å². The smallest absolute Gasteiger partial charge is 0.311 e. The summed E-state index contributed by atoms with van der Waals surface area (Å²) >= 11 is 11.9. The van der Waals surface area contributed by atoms with Crippen LogP contribution in [-0.4, -0.2) is 11.9 Å². The van der Waals surface area contributed by atoms with Gasteiger partial charge in [-0.2, -0.15) is 0 Å². The number of carbonyl (C=O) groups excluding carboxylic acids is 2. The molecule has 0 N–H and O–H groups in total. The van der Waals surface area contributed by atoms with Crippen molar-refractivity contribution < 1.29 is 23.8 Å². The molecule has 2 rings (SSSR count). The molecule has 2 aromatic rings.